The number of carbonyl (C=O) groups is 1. The van der Waals surface area contributed by atoms with Crippen LogP contribution in [0.2, 0.25) is 5.02 Å². The minimum atomic E-state index is -0.194. The lowest BCUT2D eigenvalue weighted by molar-refractivity contribution is 0.0950. The molecule has 0 bridgehead atoms. The fourth-order valence-electron chi connectivity index (χ4n) is 3.98. The topological polar surface area (TPSA) is 66.9 Å². The molecule has 1 N–H and O–H groups in total. The van der Waals surface area contributed by atoms with E-state index in [1.165, 1.54) is 0 Å². The first kappa shape index (κ1) is 24.8. The van der Waals surface area contributed by atoms with E-state index in [0.29, 0.717) is 35.2 Å². The standard InChI is InChI=1S/C27H31ClN4O3/c1-3-31-12-14-32(15-13-31)26-11-8-20(17-29-26)18-30-27(33)21-9-10-24(25(16-21)34-2)35-19-22-6-4-5-7-23(22)28/h4-11,16-17H,3,12-15,18-19H2,1-2H3,(H,30,33). The van der Waals surface area contributed by atoms with Gasteiger partial charge < -0.3 is 24.6 Å². The van der Waals surface area contributed by atoms with Gasteiger partial charge in [0.05, 0.1) is 7.11 Å². The van der Waals surface area contributed by atoms with Crippen LogP contribution in [0.15, 0.2) is 60.8 Å². The molecule has 7 nitrogen and oxygen atoms in total. The van der Waals surface area contributed by atoms with Crippen molar-refractivity contribution in [3.8, 4) is 11.5 Å². The maximum Gasteiger partial charge on any atom is 0.251 e. The first-order chi connectivity index (χ1) is 17.1. The molecular weight excluding hydrogens is 464 g/mol. The van der Waals surface area contributed by atoms with Crippen LogP contribution in [0.1, 0.15) is 28.4 Å². The summed E-state index contributed by atoms with van der Waals surface area (Å²) in [5.74, 6) is 1.82. The molecule has 3 aromatic rings. The van der Waals surface area contributed by atoms with Crippen LogP contribution >= 0.6 is 11.6 Å². The molecule has 0 spiro atoms. The number of carbonyl (C=O) groups excluding carboxylic acids is 1. The molecule has 184 valence electrons. The van der Waals surface area contributed by atoms with E-state index in [0.717, 1.165) is 49.7 Å². The molecule has 4 rings (SSSR count). The van der Waals surface area contributed by atoms with Crippen molar-refractivity contribution in [3.05, 3.63) is 82.5 Å². The summed E-state index contributed by atoms with van der Waals surface area (Å²) < 4.78 is 11.3. The Labute approximate surface area is 211 Å². The number of pyridine rings is 1. The number of ether oxygens (including phenoxy) is 2. The first-order valence-corrected chi connectivity index (χ1v) is 12.2. The molecule has 0 unspecified atom stereocenters. The number of amides is 1. The van der Waals surface area contributed by atoms with Gasteiger partial charge in [0.2, 0.25) is 0 Å². The van der Waals surface area contributed by atoms with Crippen LogP contribution in [0.4, 0.5) is 5.82 Å². The molecule has 1 saturated heterocycles. The van der Waals surface area contributed by atoms with Gasteiger partial charge in [-0.05, 0) is 42.4 Å². The maximum absolute atomic E-state index is 12.7. The molecule has 8 heteroatoms. The lowest BCUT2D eigenvalue weighted by Crippen LogP contribution is -2.46. The fraction of sp³-hybridized carbons (Fsp3) is 0.333. The second-order valence-corrected chi connectivity index (χ2v) is 8.78. The molecule has 0 aliphatic carbocycles. The predicted molar refractivity (Wildman–Crippen MR) is 139 cm³/mol. The molecule has 2 heterocycles. The number of nitrogens with zero attached hydrogens (tertiary/aromatic N) is 3. The van der Waals surface area contributed by atoms with Crippen molar-refractivity contribution in [3.63, 3.8) is 0 Å². The van der Waals surface area contributed by atoms with E-state index in [4.69, 9.17) is 21.1 Å². The van der Waals surface area contributed by atoms with Crippen LogP contribution in [-0.2, 0) is 13.2 Å². The maximum atomic E-state index is 12.7. The van der Waals surface area contributed by atoms with Crippen LogP contribution in [0.25, 0.3) is 0 Å². The number of halogens is 1. The molecule has 0 saturated carbocycles. The van der Waals surface area contributed by atoms with Gasteiger partial charge in [0, 0.05) is 55.1 Å². The lowest BCUT2D eigenvalue weighted by Gasteiger charge is -2.34. The summed E-state index contributed by atoms with van der Waals surface area (Å²) in [6.07, 6.45) is 1.83. The molecule has 1 amide bonds. The summed E-state index contributed by atoms with van der Waals surface area (Å²) in [6, 6.07) is 16.7. The van der Waals surface area contributed by atoms with Crippen molar-refractivity contribution in [1.82, 2.24) is 15.2 Å². The van der Waals surface area contributed by atoms with Crippen molar-refractivity contribution in [2.45, 2.75) is 20.1 Å². The molecule has 0 radical (unpaired) electrons. The molecule has 1 aliphatic heterocycles. The van der Waals surface area contributed by atoms with Crippen LogP contribution < -0.4 is 19.7 Å². The molecule has 1 fully saturated rings. The van der Waals surface area contributed by atoms with Gasteiger partial charge in [-0.2, -0.15) is 0 Å². The van der Waals surface area contributed by atoms with E-state index in [-0.39, 0.29) is 5.91 Å². The quantitative estimate of drug-likeness (QED) is 0.476. The third-order valence-electron chi connectivity index (χ3n) is 6.17. The van der Waals surface area contributed by atoms with Crippen LogP contribution in [0, 0.1) is 0 Å². The zero-order valence-electron chi connectivity index (χ0n) is 20.2. The number of benzene rings is 2. The van der Waals surface area contributed by atoms with Crippen molar-refractivity contribution >= 4 is 23.3 Å². The summed E-state index contributed by atoms with van der Waals surface area (Å²) in [5, 5.41) is 3.59. The van der Waals surface area contributed by atoms with E-state index in [1.54, 1.807) is 25.3 Å². The third-order valence-corrected chi connectivity index (χ3v) is 6.54. The Bertz CT molecular complexity index is 1130. The molecule has 1 aromatic heterocycles. The average molecular weight is 495 g/mol. The van der Waals surface area contributed by atoms with Gasteiger partial charge in [0.15, 0.2) is 11.5 Å². The van der Waals surface area contributed by atoms with Crippen LogP contribution in [-0.4, -0.2) is 55.6 Å². The molecule has 0 atom stereocenters. The normalized spacial score (nSPS) is 14.0. The minimum absolute atomic E-state index is 0.194. The van der Waals surface area contributed by atoms with Crippen molar-refractivity contribution < 1.29 is 14.3 Å². The summed E-state index contributed by atoms with van der Waals surface area (Å²) in [6.45, 7) is 8.06. The van der Waals surface area contributed by atoms with Crippen molar-refractivity contribution in [2.24, 2.45) is 0 Å². The second kappa shape index (κ2) is 11.9. The zero-order chi connectivity index (χ0) is 24.6. The fourth-order valence-corrected chi connectivity index (χ4v) is 4.18. The van der Waals surface area contributed by atoms with Gasteiger partial charge in [0.1, 0.15) is 12.4 Å². The van der Waals surface area contributed by atoms with Gasteiger partial charge in [-0.3, -0.25) is 4.79 Å². The van der Waals surface area contributed by atoms with E-state index < -0.39 is 0 Å². The van der Waals surface area contributed by atoms with E-state index in [2.05, 4.69) is 27.0 Å². The Kier molecular flexibility index (Phi) is 8.45. The highest BCUT2D eigenvalue weighted by molar-refractivity contribution is 6.31. The number of nitrogens with one attached hydrogen (secondary N) is 1. The molecule has 2 aromatic carbocycles. The summed E-state index contributed by atoms with van der Waals surface area (Å²) >= 11 is 6.20. The Morgan fingerprint density at radius 3 is 2.54 bits per heavy atom. The predicted octanol–water partition coefficient (Wildman–Crippen LogP) is 4.39. The lowest BCUT2D eigenvalue weighted by atomic mass is 10.1. The number of aromatic nitrogens is 1. The van der Waals surface area contributed by atoms with E-state index >= 15 is 0 Å². The Balaban J connectivity index is 1.32. The number of anilines is 1. The Morgan fingerprint density at radius 1 is 1.06 bits per heavy atom. The Hall–Kier alpha value is -3.29. The van der Waals surface area contributed by atoms with Crippen molar-refractivity contribution in [1.29, 1.82) is 0 Å². The van der Waals surface area contributed by atoms with Crippen molar-refractivity contribution in [2.75, 3.05) is 44.7 Å². The van der Waals surface area contributed by atoms with E-state index in [9.17, 15) is 4.79 Å². The number of piperazine rings is 1. The highest BCUT2D eigenvalue weighted by Gasteiger charge is 2.17. The van der Waals surface area contributed by atoms with Gasteiger partial charge in [-0.1, -0.05) is 42.8 Å². The van der Waals surface area contributed by atoms with Gasteiger partial charge in [-0.25, -0.2) is 4.98 Å². The highest BCUT2D eigenvalue weighted by atomic mass is 35.5. The number of rotatable bonds is 9. The van der Waals surface area contributed by atoms with E-state index in [1.807, 2.05) is 42.6 Å². The smallest absolute Gasteiger partial charge is 0.251 e. The Morgan fingerprint density at radius 2 is 1.86 bits per heavy atom. The van der Waals surface area contributed by atoms with Crippen LogP contribution in [0.5, 0.6) is 11.5 Å². The molecule has 35 heavy (non-hydrogen) atoms. The SMILES string of the molecule is CCN1CCN(c2ccc(CNC(=O)c3ccc(OCc4ccccc4Cl)c(OC)c3)cn2)CC1. The summed E-state index contributed by atoms with van der Waals surface area (Å²) in [7, 11) is 1.55. The minimum Gasteiger partial charge on any atom is -0.493 e. The number of methoxy groups -OCH3 is 1. The number of likely N-dealkylation sites (N-methyl/N-ethyl adjacent to an activating group) is 1. The first-order valence-electron chi connectivity index (χ1n) is 11.8. The summed E-state index contributed by atoms with van der Waals surface area (Å²) in [4.78, 5) is 22.1. The molecule has 1 aliphatic rings. The largest absolute Gasteiger partial charge is 0.493 e. The van der Waals surface area contributed by atoms with Crippen LogP contribution in [0.3, 0.4) is 0 Å². The number of hydrogen-bond donors (Lipinski definition) is 1. The van der Waals surface area contributed by atoms with Gasteiger partial charge >= 0.3 is 0 Å². The summed E-state index contributed by atoms with van der Waals surface area (Å²) in [5.41, 5.74) is 2.31. The zero-order valence-corrected chi connectivity index (χ0v) is 20.9. The average Bonchev–Trinajstić information content (AvgIpc) is 2.91. The third kappa shape index (κ3) is 6.44. The molecular formula is C27H31ClN4O3. The number of hydrogen-bond acceptors (Lipinski definition) is 6. The highest BCUT2D eigenvalue weighted by Crippen LogP contribution is 2.29. The monoisotopic (exact) mass is 494 g/mol. The van der Waals surface area contributed by atoms with Gasteiger partial charge in [-0.15, -0.1) is 0 Å². The second-order valence-electron chi connectivity index (χ2n) is 8.37. The van der Waals surface area contributed by atoms with Gasteiger partial charge in [0.25, 0.3) is 5.91 Å².